The number of aryl methyl sites for hydroxylation is 2. The van der Waals surface area contributed by atoms with Crippen molar-refractivity contribution in [2.45, 2.75) is 13.8 Å². The van der Waals surface area contributed by atoms with Gasteiger partial charge in [0.25, 0.3) is 0 Å². The van der Waals surface area contributed by atoms with Gasteiger partial charge in [0.05, 0.1) is 17.4 Å². The van der Waals surface area contributed by atoms with Gasteiger partial charge in [0.2, 0.25) is 0 Å². The van der Waals surface area contributed by atoms with E-state index in [1.807, 2.05) is 62.4 Å². The summed E-state index contributed by atoms with van der Waals surface area (Å²) < 4.78 is 1.72. The number of aromatic nitrogens is 2. The van der Waals surface area contributed by atoms with Crippen molar-refractivity contribution in [3.8, 4) is 5.69 Å². The van der Waals surface area contributed by atoms with Crippen molar-refractivity contribution in [3.63, 3.8) is 0 Å². The summed E-state index contributed by atoms with van der Waals surface area (Å²) in [6, 6.07) is 15.6. The molecular weight excluding hydrogens is 260 g/mol. The molecule has 0 N–H and O–H groups in total. The summed E-state index contributed by atoms with van der Waals surface area (Å²) in [4.78, 5) is 12.6. The van der Waals surface area contributed by atoms with E-state index in [-0.39, 0.29) is 5.78 Å². The van der Waals surface area contributed by atoms with Gasteiger partial charge in [-0.3, -0.25) is 4.79 Å². The number of carbonyl (C=O) groups is 1. The van der Waals surface area contributed by atoms with Crippen LogP contribution in [0.15, 0.2) is 60.9 Å². The number of nitrogens with zero attached hydrogens (tertiary/aromatic N) is 2. The number of rotatable bonds is 3. The van der Waals surface area contributed by atoms with E-state index in [1.54, 1.807) is 17.1 Å². The Hall–Kier alpha value is -2.68. The molecule has 3 nitrogen and oxygen atoms in total. The molecule has 0 bridgehead atoms. The molecule has 3 aromatic rings. The zero-order chi connectivity index (χ0) is 14.8. The van der Waals surface area contributed by atoms with Gasteiger partial charge in [-0.25, -0.2) is 4.68 Å². The minimum Gasteiger partial charge on any atom is -0.288 e. The predicted molar refractivity (Wildman–Crippen MR) is 82.9 cm³/mol. The summed E-state index contributed by atoms with van der Waals surface area (Å²) in [5, 5.41) is 4.28. The summed E-state index contributed by atoms with van der Waals surface area (Å²) in [6.07, 6.45) is 3.39. The van der Waals surface area contributed by atoms with E-state index in [0.717, 1.165) is 22.4 Å². The molecule has 1 heterocycles. The Morgan fingerprint density at radius 1 is 1.05 bits per heavy atom. The maximum atomic E-state index is 12.6. The monoisotopic (exact) mass is 276 g/mol. The van der Waals surface area contributed by atoms with Gasteiger partial charge in [-0.05, 0) is 31.5 Å². The molecule has 0 atom stereocenters. The molecule has 21 heavy (non-hydrogen) atoms. The standard InChI is InChI=1S/C18H16N2O/c1-13-8-9-17(14(2)10-13)18(21)15-11-19-20(12-15)16-6-4-3-5-7-16/h3-12H,1-2H3. The van der Waals surface area contributed by atoms with Crippen molar-refractivity contribution in [2.24, 2.45) is 0 Å². The minimum absolute atomic E-state index is 0.00896. The number of carbonyl (C=O) groups excluding carboxylic acids is 1. The predicted octanol–water partition coefficient (Wildman–Crippen LogP) is 3.72. The topological polar surface area (TPSA) is 34.9 Å². The molecule has 0 saturated heterocycles. The molecule has 2 aromatic carbocycles. The van der Waals surface area contributed by atoms with Gasteiger partial charge in [-0.1, -0.05) is 42.0 Å². The lowest BCUT2D eigenvalue weighted by atomic mass is 9.99. The molecule has 0 aliphatic rings. The molecule has 0 aliphatic carbocycles. The van der Waals surface area contributed by atoms with E-state index >= 15 is 0 Å². The highest BCUT2D eigenvalue weighted by Crippen LogP contribution is 2.16. The average molecular weight is 276 g/mol. The van der Waals surface area contributed by atoms with Crippen LogP contribution in [0, 0.1) is 13.8 Å². The Labute approximate surface area is 123 Å². The van der Waals surface area contributed by atoms with E-state index in [1.165, 1.54) is 0 Å². The molecular formula is C18H16N2O. The van der Waals surface area contributed by atoms with Crippen LogP contribution >= 0.6 is 0 Å². The molecule has 0 unspecified atom stereocenters. The lowest BCUT2D eigenvalue weighted by Gasteiger charge is -2.04. The Kier molecular flexibility index (Phi) is 3.40. The number of hydrogen-bond acceptors (Lipinski definition) is 2. The average Bonchev–Trinajstić information content (AvgIpc) is 2.97. The Morgan fingerprint density at radius 2 is 1.81 bits per heavy atom. The first-order chi connectivity index (χ1) is 10.1. The van der Waals surface area contributed by atoms with Gasteiger partial charge in [-0.2, -0.15) is 5.10 Å². The van der Waals surface area contributed by atoms with Crippen LogP contribution in [0.3, 0.4) is 0 Å². The maximum Gasteiger partial charge on any atom is 0.196 e. The zero-order valence-corrected chi connectivity index (χ0v) is 12.1. The number of para-hydroxylation sites is 1. The largest absolute Gasteiger partial charge is 0.288 e. The summed E-state index contributed by atoms with van der Waals surface area (Å²) in [5.41, 5.74) is 4.42. The molecule has 104 valence electrons. The van der Waals surface area contributed by atoms with E-state index in [0.29, 0.717) is 5.56 Å². The van der Waals surface area contributed by atoms with E-state index < -0.39 is 0 Å². The van der Waals surface area contributed by atoms with Gasteiger partial charge in [-0.15, -0.1) is 0 Å². The fraction of sp³-hybridized carbons (Fsp3) is 0.111. The molecule has 0 aliphatic heterocycles. The normalized spacial score (nSPS) is 10.6. The highest BCUT2D eigenvalue weighted by molar-refractivity contribution is 6.09. The van der Waals surface area contributed by atoms with Crippen LogP contribution in [0.5, 0.6) is 0 Å². The molecule has 3 rings (SSSR count). The molecule has 3 heteroatoms. The van der Waals surface area contributed by atoms with Crippen LogP contribution in [0.4, 0.5) is 0 Å². The third-order valence-electron chi connectivity index (χ3n) is 3.49. The van der Waals surface area contributed by atoms with Crippen molar-refractivity contribution in [3.05, 3.63) is 83.2 Å². The summed E-state index contributed by atoms with van der Waals surface area (Å²) >= 11 is 0. The van der Waals surface area contributed by atoms with Crippen molar-refractivity contribution in [1.29, 1.82) is 0 Å². The Morgan fingerprint density at radius 3 is 2.52 bits per heavy atom. The first-order valence-electron chi connectivity index (χ1n) is 6.87. The second-order valence-corrected chi connectivity index (χ2v) is 5.16. The van der Waals surface area contributed by atoms with Gasteiger partial charge < -0.3 is 0 Å². The van der Waals surface area contributed by atoms with Crippen molar-refractivity contribution < 1.29 is 4.79 Å². The Balaban J connectivity index is 1.94. The van der Waals surface area contributed by atoms with Crippen LogP contribution < -0.4 is 0 Å². The van der Waals surface area contributed by atoms with Gasteiger partial charge in [0.1, 0.15) is 0 Å². The first kappa shape index (κ1) is 13.3. The Bertz CT molecular complexity index is 788. The lowest BCUT2D eigenvalue weighted by Crippen LogP contribution is -2.03. The van der Waals surface area contributed by atoms with Crippen LogP contribution in [0.1, 0.15) is 27.0 Å². The number of ketones is 1. The minimum atomic E-state index is 0.00896. The van der Waals surface area contributed by atoms with E-state index in [2.05, 4.69) is 5.10 Å². The second kappa shape index (κ2) is 5.37. The highest BCUT2D eigenvalue weighted by atomic mass is 16.1. The van der Waals surface area contributed by atoms with Crippen LogP contribution in [0.2, 0.25) is 0 Å². The summed E-state index contributed by atoms with van der Waals surface area (Å²) in [5.74, 6) is 0.00896. The lowest BCUT2D eigenvalue weighted by molar-refractivity contribution is 0.103. The van der Waals surface area contributed by atoms with Gasteiger partial charge >= 0.3 is 0 Å². The van der Waals surface area contributed by atoms with E-state index in [9.17, 15) is 4.79 Å². The van der Waals surface area contributed by atoms with Gasteiger partial charge in [0, 0.05) is 11.8 Å². The molecule has 0 saturated carbocycles. The van der Waals surface area contributed by atoms with Crippen molar-refractivity contribution >= 4 is 5.78 Å². The smallest absolute Gasteiger partial charge is 0.196 e. The molecule has 0 fully saturated rings. The third kappa shape index (κ3) is 2.63. The molecule has 0 spiro atoms. The highest BCUT2D eigenvalue weighted by Gasteiger charge is 2.14. The second-order valence-electron chi connectivity index (χ2n) is 5.16. The fourth-order valence-corrected chi connectivity index (χ4v) is 2.39. The summed E-state index contributed by atoms with van der Waals surface area (Å²) in [7, 11) is 0. The zero-order valence-electron chi connectivity index (χ0n) is 12.1. The quantitative estimate of drug-likeness (QED) is 0.683. The fourth-order valence-electron chi connectivity index (χ4n) is 2.39. The third-order valence-corrected chi connectivity index (χ3v) is 3.49. The number of benzene rings is 2. The SMILES string of the molecule is Cc1ccc(C(=O)c2cnn(-c3ccccc3)c2)c(C)c1. The van der Waals surface area contributed by atoms with Crippen molar-refractivity contribution in [1.82, 2.24) is 9.78 Å². The van der Waals surface area contributed by atoms with E-state index in [4.69, 9.17) is 0 Å². The summed E-state index contributed by atoms with van der Waals surface area (Å²) in [6.45, 7) is 3.98. The van der Waals surface area contributed by atoms with Crippen LogP contribution in [-0.2, 0) is 0 Å². The molecule has 0 amide bonds. The number of hydrogen-bond donors (Lipinski definition) is 0. The molecule has 0 radical (unpaired) electrons. The van der Waals surface area contributed by atoms with Gasteiger partial charge in [0.15, 0.2) is 5.78 Å². The molecule has 1 aromatic heterocycles. The van der Waals surface area contributed by atoms with Crippen LogP contribution in [-0.4, -0.2) is 15.6 Å². The van der Waals surface area contributed by atoms with Crippen LogP contribution in [0.25, 0.3) is 5.69 Å². The van der Waals surface area contributed by atoms with Crippen molar-refractivity contribution in [2.75, 3.05) is 0 Å². The first-order valence-corrected chi connectivity index (χ1v) is 6.87. The maximum absolute atomic E-state index is 12.6.